The van der Waals surface area contributed by atoms with E-state index in [0.717, 1.165) is 30.7 Å². The van der Waals surface area contributed by atoms with Crippen LogP contribution in [0, 0.1) is 0 Å². The van der Waals surface area contributed by atoms with E-state index in [9.17, 15) is 5.11 Å². The van der Waals surface area contributed by atoms with Crippen molar-refractivity contribution in [3.63, 3.8) is 0 Å². The van der Waals surface area contributed by atoms with Gasteiger partial charge in [-0.15, -0.1) is 0 Å². The fraction of sp³-hybridized carbons (Fsp3) is 0.500. The summed E-state index contributed by atoms with van der Waals surface area (Å²) in [7, 11) is 1.63. The van der Waals surface area contributed by atoms with Crippen LogP contribution in [0.3, 0.4) is 0 Å². The molecule has 1 aromatic carbocycles. The van der Waals surface area contributed by atoms with Gasteiger partial charge in [-0.1, -0.05) is 25.5 Å². The maximum Gasteiger partial charge on any atom is 0.131 e. The Hall–Kier alpha value is -1.06. The standard InChI is InChI=1S/C12H19NO2/c1-3-4-9-13-12(14)10-5-7-11(15-2)8-6-10/h5-8,12-14H,3-4,9H2,1-2H3. The molecule has 0 radical (unpaired) electrons. The molecule has 1 rings (SSSR count). The maximum absolute atomic E-state index is 9.76. The van der Waals surface area contributed by atoms with Crippen molar-refractivity contribution >= 4 is 0 Å². The highest BCUT2D eigenvalue weighted by Gasteiger charge is 2.05. The first kappa shape index (κ1) is 12.0. The molecule has 1 atom stereocenters. The number of rotatable bonds is 6. The van der Waals surface area contributed by atoms with Crippen LogP contribution in [0.4, 0.5) is 0 Å². The molecule has 0 aliphatic heterocycles. The number of methoxy groups -OCH3 is 1. The van der Waals surface area contributed by atoms with Crippen molar-refractivity contribution < 1.29 is 9.84 Å². The van der Waals surface area contributed by atoms with Crippen LogP contribution in [0.25, 0.3) is 0 Å². The zero-order valence-corrected chi connectivity index (χ0v) is 9.36. The summed E-state index contributed by atoms with van der Waals surface area (Å²) in [5.74, 6) is 0.805. The topological polar surface area (TPSA) is 41.5 Å². The third-order valence-electron chi connectivity index (χ3n) is 2.30. The quantitative estimate of drug-likeness (QED) is 0.556. The van der Waals surface area contributed by atoms with Crippen molar-refractivity contribution in [2.75, 3.05) is 13.7 Å². The van der Waals surface area contributed by atoms with Crippen LogP contribution in [-0.4, -0.2) is 18.8 Å². The Labute approximate surface area is 91.1 Å². The number of unbranched alkanes of at least 4 members (excludes halogenated alkanes) is 1. The number of hydrogen-bond acceptors (Lipinski definition) is 3. The molecule has 3 nitrogen and oxygen atoms in total. The van der Waals surface area contributed by atoms with Gasteiger partial charge in [-0.05, 0) is 30.7 Å². The minimum Gasteiger partial charge on any atom is -0.497 e. The number of hydrogen-bond donors (Lipinski definition) is 2. The van der Waals surface area contributed by atoms with Gasteiger partial charge in [0.15, 0.2) is 0 Å². The van der Waals surface area contributed by atoms with Gasteiger partial charge in [0.05, 0.1) is 7.11 Å². The lowest BCUT2D eigenvalue weighted by Gasteiger charge is -2.13. The molecule has 15 heavy (non-hydrogen) atoms. The Morgan fingerprint density at radius 3 is 2.53 bits per heavy atom. The van der Waals surface area contributed by atoms with E-state index in [1.54, 1.807) is 7.11 Å². The third kappa shape index (κ3) is 3.90. The Bertz CT molecular complexity index is 271. The van der Waals surface area contributed by atoms with Gasteiger partial charge in [0.2, 0.25) is 0 Å². The van der Waals surface area contributed by atoms with Crippen LogP contribution < -0.4 is 10.1 Å². The zero-order valence-electron chi connectivity index (χ0n) is 9.36. The normalized spacial score (nSPS) is 12.5. The summed E-state index contributed by atoms with van der Waals surface area (Å²) >= 11 is 0. The van der Waals surface area contributed by atoms with Crippen molar-refractivity contribution in [3.05, 3.63) is 29.8 Å². The second-order valence-electron chi connectivity index (χ2n) is 3.48. The van der Waals surface area contributed by atoms with Gasteiger partial charge in [0.1, 0.15) is 12.0 Å². The van der Waals surface area contributed by atoms with Gasteiger partial charge in [-0.3, -0.25) is 5.32 Å². The molecule has 0 fully saturated rings. The first-order chi connectivity index (χ1) is 7.27. The molecule has 0 aliphatic rings. The Morgan fingerprint density at radius 1 is 1.33 bits per heavy atom. The van der Waals surface area contributed by atoms with Crippen molar-refractivity contribution in [3.8, 4) is 5.75 Å². The van der Waals surface area contributed by atoms with E-state index in [0.29, 0.717) is 0 Å². The lowest BCUT2D eigenvalue weighted by atomic mass is 10.2. The molecule has 84 valence electrons. The molecule has 0 saturated heterocycles. The minimum atomic E-state index is -0.581. The summed E-state index contributed by atoms with van der Waals surface area (Å²) in [6.07, 6.45) is 1.62. The lowest BCUT2D eigenvalue weighted by molar-refractivity contribution is 0.139. The molecule has 3 heteroatoms. The second-order valence-corrected chi connectivity index (χ2v) is 3.48. The number of aliphatic hydroxyl groups excluding tert-OH is 1. The third-order valence-corrected chi connectivity index (χ3v) is 2.30. The largest absolute Gasteiger partial charge is 0.497 e. The van der Waals surface area contributed by atoms with E-state index in [2.05, 4.69) is 12.2 Å². The van der Waals surface area contributed by atoms with Crippen molar-refractivity contribution in [1.82, 2.24) is 5.32 Å². The van der Waals surface area contributed by atoms with Gasteiger partial charge in [0, 0.05) is 0 Å². The molecule has 2 N–H and O–H groups in total. The summed E-state index contributed by atoms with van der Waals surface area (Å²) in [6.45, 7) is 2.96. The van der Waals surface area contributed by atoms with Crippen molar-refractivity contribution in [2.24, 2.45) is 0 Å². The maximum atomic E-state index is 9.76. The van der Waals surface area contributed by atoms with E-state index in [1.165, 1.54) is 0 Å². The van der Waals surface area contributed by atoms with Crippen LogP contribution in [-0.2, 0) is 0 Å². The highest BCUT2D eigenvalue weighted by Crippen LogP contribution is 2.15. The van der Waals surface area contributed by atoms with E-state index >= 15 is 0 Å². The highest BCUT2D eigenvalue weighted by molar-refractivity contribution is 5.28. The van der Waals surface area contributed by atoms with Crippen LogP contribution in [0.2, 0.25) is 0 Å². The first-order valence-corrected chi connectivity index (χ1v) is 5.33. The number of aliphatic hydroxyl groups is 1. The molecular formula is C12H19NO2. The van der Waals surface area contributed by atoms with E-state index < -0.39 is 6.23 Å². The zero-order chi connectivity index (χ0) is 11.1. The molecule has 0 bridgehead atoms. The average molecular weight is 209 g/mol. The monoisotopic (exact) mass is 209 g/mol. The molecule has 0 saturated carbocycles. The Morgan fingerprint density at radius 2 is 2.00 bits per heavy atom. The molecule has 0 heterocycles. The second kappa shape index (κ2) is 6.43. The minimum absolute atomic E-state index is 0.581. The van der Waals surface area contributed by atoms with Gasteiger partial charge >= 0.3 is 0 Å². The van der Waals surface area contributed by atoms with E-state index in [-0.39, 0.29) is 0 Å². The summed E-state index contributed by atoms with van der Waals surface area (Å²) < 4.78 is 5.05. The van der Waals surface area contributed by atoms with Crippen LogP contribution in [0.15, 0.2) is 24.3 Å². The summed E-state index contributed by atoms with van der Waals surface area (Å²) in [6, 6.07) is 7.42. The van der Waals surface area contributed by atoms with E-state index in [4.69, 9.17) is 4.74 Å². The number of ether oxygens (including phenoxy) is 1. The fourth-order valence-corrected chi connectivity index (χ4v) is 1.32. The van der Waals surface area contributed by atoms with Gasteiger partial charge in [-0.2, -0.15) is 0 Å². The SMILES string of the molecule is CCCCNC(O)c1ccc(OC)cc1. The molecule has 1 aromatic rings. The Balaban J connectivity index is 2.46. The average Bonchev–Trinajstić information content (AvgIpc) is 2.29. The number of nitrogens with one attached hydrogen (secondary N) is 1. The van der Waals surface area contributed by atoms with Gasteiger partial charge in [0.25, 0.3) is 0 Å². The van der Waals surface area contributed by atoms with Crippen molar-refractivity contribution in [2.45, 2.75) is 26.0 Å². The molecule has 0 aliphatic carbocycles. The summed E-state index contributed by atoms with van der Waals surface area (Å²) in [5, 5.41) is 12.8. The molecule has 0 spiro atoms. The highest BCUT2D eigenvalue weighted by atomic mass is 16.5. The van der Waals surface area contributed by atoms with Crippen LogP contribution in [0.5, 0.6) is 5.75 Å². The molecule has 1 unspecified atom stereocenters. The van der Waals surface area contributed by atoms with Crippen LogP contribution >= 0.6 is 0 Å². The summed E-state index contributed by atoms with van der Waals surface area (Å²) in [4.78, 5) is 0. The molecule has 0 aromatic heterocycles. The first-order valence-electron chi connectivity index (χ1n) is 5.33. The predicted molar refractivity (Wildman–Crippen MR) is 60.9 cm³/mol. The molecular weight excluding hydrogens is 190 g/mol. The molecule has 0 amide bonds. The fourth-order valence-electron chi connectivity index (χ4n) is 1.32. The lowest BCUT2D eigenvalue weighted by Crippen LogP contribution is -2.21. The van der Waals surface area contributed by atoms with E-state index in [1.807, 2.05) is 24.3 Å². The number of benzene rings is 1. The van der Waals surface area contributed by atoms with Crippen molar-refractivity contribution in [1.29, 1.82) is 0 Å². The predicted octanol–water partition coefficient (Wildman–Crippen LogP) is 2.08. The van der Waals surface area contributed by atoms with Gasteiger partial charge < -0.3 is 9.84 Å². The smallest absolute Gasteiger partial charge is 0.131 e. The van der Waals surface area contributed by atoms with Crippen LogP contribution in [0.1, 0.15) is 31.6 Å². The Kier molecular flexibility index (Phi) is 5.15. The van der Waals surface area contributed by atoms with Gasteiger partial charge in [-0.25, -0.2) is 0 Å². The summed E-state index contributed by atoms with van der Waals surface area (Å²) in [5.41, 5.74) is 0.868.